The molecule has 1 amide bonds. The fraction of sp³-hybridized carbons (Fsp3) is 0.316. The number of rotatable bonds is 5. The summed E-state index contributed by atoms with van der Waals surface area (Å²) in [6, 6.07) is 12.0. The van der Waals surface area contributed by atoms with Gasteiger partial charge in [0.25, 0.3) is 0 Å². The predicted molar refractivity (Wildman–Crippen MR) is 103 cm³/mol. The zero-order valence-corrected chi connectivity index (χ0v) is 16.0. The summed E-state index contributed by atoms with van der Waals surface area (Å²) < 4.78 is 25.8. The highest BCUT2D eigenvalue weighted by atomic mass is 32.2. The summed E-state index contributed by atoms with van der Waals surface area (Å²) in [6.45, 7) is 7.30. The molecule has 1 atom stereocenters. The summed E-state index contributed by atoms with van der Waals surface area (Å²) in [6.07, 6.45) is 1.11. The molecule has 0 heterocycles. The van der Waals surface area contributed by atoms with Gasteiger partial charge in [-0.15, -0.1) is 0 Å². The SMILES string of the molecule is Cc1cccc(N(C(C)C(=O)Nc2cc(C)ccc2C)S(C)(=O)=O)c1. The van der Waals surface area contributed by atoms with Crippen molar-refractivity contribution < 1.29 is 13.2 Å². The molecule has 0 saturated heterocycles. The second kappa shape index (κ2) is 7.27. The van der Waals surface area contributed by atoms with Gasteiger partial charge in [-0.25, -0.2) is 8.42 Å². The lowest BCUT2D eigenvalue weighted by atomic mass is 10.1. The number of hydrogen-bond donors (Lipinski definition) is 1. The number of carbonyl (C=O) groups excluding carboxylic acids is 1. The summed E-state index contributed by atoms with van der Waals surface area (Å²) in [4.78, 5) is 12.7. The van der Waals surface area contributed by atoms with Gasteiger partial charge < -0.3 is 5.32 Å². The molecule has 6 heteroatoms. The Kier molecular flexibility index (Phi) is 5.52. The van der Waals surface area contributed by atoms with Crippen LogP contribution in [0.2, 0.25) is 0 Å². The number of nitrogens with zero attached hydrogens (tertiary/aromatic N) is 1. The van der Waals surface area contributed by atoms with Crippen LogP contribution in [0.15, 0.2) is 42.5 Å². The first-order chi connectivity index (χ1) is 11.6. The molecule has 0 bridgehead atoms. The van der Waals surface area contributed by atoms with Crippen LogP contribution in [0.3, 0.4) is 0 Å². The Hall–Kier alpha value is -2.34. The van der Waals surface area contributed by atoms with Gasteiger partial charge in [-0.1, -0.05) is 24.3 Å². The number of aryl methyl sites for hydroxylation is 3. The molecule has 0 radical (unpaired) electrons. The van der Waals surface area contributed by atoms with Crippen molar-refractivity contribution >= 4 is 27.3 Å². The topological polar surface area (TPSA) is 66.5 Å². The van der Waals surface area contributed by atoms with Gasteiger partial charge in [0.15, 0.2) is 0 Å². The molecule has 2 aromatic carbocycles. The van der Waals surface area contributed by atoms with Crippen molar-refractivity contribution in [1.29, 1.82) is 0 Å². The van der Waals surface area contributed by atoms with E-state index in [2.05, 4.69) is 5.32 Å². The van der Waals surface area contributed by atoms with E-state index in [4.69, 9.17) is 0 Å². The molecule has 0 spiro atoms. The summed E-state index contributed by atoms with van der Waals surface area (Å²) in [5.74, 6) is -0.374. The van der Waals surface area contributed by atoms with Crippen molar-refractivity contribution in [3.8, 4) is 0 Å². The molecule has 0 aliphatic rings. The minimum Gasteiger partial charge on any atom is -0.324 e. The minimum atomic E-state index is -3.62. The van der Waals surface area contributed by atoms with Gasteiger partial charge in [0.2, 0.25) is 15.9 Å². The van der Waals surface area contributed by atoms with E-state index < -0.39 is 16.1 Å². The maximum Gasteiger partial charge on any atom is 0.248 e. The lowest BCUT2D eigenvalue weighted by Gasteiger charge is -2.28. The molecular formula is C19H24N2O3S. The van der Waals surface area contributed by atoms with E-state index in [1.807, 2.05) is 45.0 Å². The lowest BCUT2D eigenvalue weighted by Crippen LogP contribution is -2.45. The van der Waals surface area contributed by atoms with Gasteiger partial charge in [-0.2, -0.15) is 0 Å². The smallest absolute Gasteiger partial charge is 0.248 e. The summed E-state index contributed by atoms with van der Waals surface area (Å²) in [5, 5.41) is 2.84. The minimum absolute atomic E-state index is 0.374. The summed E-state index contributed by atoms with van der Waals surface area (Å²) in [7, 11) is -3.62. The number of sulfonamides is 1. The van der Waals surface area contributed by atoms with Gasteiger partial charge in [-0.05, 0) is 62.6 Å². The monoisotopic (exact) mass is 360 g/mol. The number of nitrogens with one attached hydrogen (secondary N) is 1. The Morgan fingerprint density at radius 2 is 1.68 bits per heavy atom. The van der Waals surface area contributed by atoms with Crippen LogP contribution in [0.4, 0.5) is 11.4 Å². The van der Waals surface area contributed by atoms with E-state index in [0.29, 0.717) is 11.4 Å². The maximum absolute atomic E-state index is 12.7. The largest absolute Gasteiger partial charge is 0.324 e. The third kappa shape index (κ3) is 4.60. The van der Waals surface area contributed by atoms with Gasteiger partial charge >= 0.3 is 0 Å². The van der Waals surface area contributed by atoms with Crippen LogP contribution in [0.1, 0.15) is 23.6 Å². The number of hydrogen-bond acceptors (Lipinski definition) is 3. The molecule has 2 aromatic rings. The lowest BCUT2D eigenvalue weighted by molar-refractivity contribution is -0.116. The van der Waals surface area contributed by atoms with Crippen LogP contribution in [0.25, 0.3) is 0 Å². The van der Waals surface area contributed by atoms with Crippen molar-refractivity contribution in [3.05, 3.63) is 59.2 Å². The first-order valence-corrected chi connectivity index (χ1v) is 9.88. The molecule has 5 nitrogen and oxygen atoms in total. The highest BCUT2D eigenvalue weighted by Crippen LogP contribution is 2.23. The predicted octanol–water partition coefficient (Wildman–Crippen LogP) is 3.41. The van der Waals surface area contributed by atoms with Gasteiger partial charge in [0, 0.05) is 5.69 Å². The van der Waals surface area contributed by atoms with Crippen LogP contribution in [-0.2, 0) is 14.8 Å². The van der Waals surface area contributed by atoms with Gasteiger partial charge in [0.1, 0.15) is 6.04 Å². The number of anilines is 2. The maximum atomic E-state index is 12.7. The second-order valence-electron chi connectivity index (χ2n) is 6.38. The Morgan fingerprint density at radius 1 is 1.04 bits per heavy atom. The standard InChI is InChI=1S/C19H24N2O3S/c1-13-7-6-8-17(11-13)21(25(5,23)24)16(4)19(22)20-18-12-14(2)9-10-15(18)3/h6-12,16H,1-5H3,(H,20,22). The fourth-order valence-electron chi connectivity index (χ4n) is 2.68. The van der Waals surface area contributed by atoms with Gasteiger partial charge in [0.05, 0.1) is 11.9 Å². The van der Waals surface area contributed by atoms with Crippen molar-refractivity contribution in [2.75, 3.05) is 15.9 Å². The normalized spacial score (nSPS) is 12.5. The van der Waals surface area contributed by atoms with E-state index in [0.717, 1.165) is 27.3 Å². The molecule has 1 unspecified atom stereocenters. The first kappa shape index (κ1) is 19.0. The molecule has 0 saturated carbocycles. The average Bonchev–Trinajstić information content (AvgIpc) is 2.49. The zero-order valence-electron chi connectivity index (χ0n) is 15.2. The van der Waals surface area contributed by atoms with Crippen LogP contribution >= 0.6 is 0 Å². The summed E-state index contributed by atoms with van der Waals surface area (Å²) in [5.41, 5.74) is 4.04. The molecule has 0 aliphatic carbocycles. The Labute approximate surface area is 149 Å². The Bertz CT molecular complexity index is 891. The van der Waals surface area contributed by atoms with Crippen LogP contribution in [0, 0.1) is 20.8 Å². The second-order valence-corrected chi connectivity index (χ2v) is 8.24. The third-order valence-electron chi connectivity index (χ3n) is 4.00. The van der Waals surface area contributed by atoms with Crippen molar-refractivity contribution in [2.24, 2.45) is 0 Å². The van der Waals surface area contributed by atoms with E-state index in [9.17, 15) is 13.2 Å². The Balaban J connectivity index is 2.35. The van der Waals surface area contributed by atoms with Crippen LogP contribution < -0.4 is 9.62 Å². The third-order valence-corrected chi connectivity index (χ3v) is 5.24. The molecular weight excluding hydrogens is 336 g/mol. The Morgan fingerprint density at radius 3 is 2.28 bits per heavy atom. The molecule has 0 aliphatic heterocycles. The van der Waals surface area contributed by atoms with Crippen molar-refractivity contribution in [1.82, 2.24) is 0 Å². The highest BCUT2D eigenvalue weighted by Gasteiger charge is 2.29. The van der Waals surface area contributed by atoms with Crippen molar-refractivity contribution in [3.63, 3.8) is 0 Å². The molecule has 2 rings (SSSR count). The average molecular weight is 360 g/mol. The van der Waals surface area contributed by atoms with Gasteiger partial charge in [-0.3, -0.25) is 9.10 Å². The molecule has 25 heavy (non-hydrogen) atoms. The molecule has 134 valence electrons. The molecule has 0 fully saturated rings. The number of benzene rings is 2. The first-order valence-electron chi connectivity index (χ1n) is 8.04. The van der Waals surface area contributed by atoms with E-state index in [1.165, 1.54) is 0 Å². The molecule has 0 aromatic heterocycles. The molecule has 1 N–H and O–H groups in total. The quantitative estimate of drug-likeness (QED) is 0.888. The van der Waals surface area contributed by atoms with Crippen LogP contribution in [-0.4, -0.2) is 26.6 Å². The van der Waals surface area contributed by atoms with Crippen molar-refractivity contribution in [2.45, 2.75) is 33.7 Å². The summed E-state index contributed by atoms with van der Waals surface area (Å²) >= 11 is 0. The highest BCUT2D eigenvalue weighted by molar-refractivity contribution is 7.92. The zero-order chi connectivity index (χ0) is 18.8. The van der Waals surface area contributed by atoms with E-state index in [1.54, 1.807) is 25.1 Å². The fourth-order valence-corrected chi connectivity index (χ4v) is 3.85. The number of amides is 1. The van der Waals surface area contributed by atoms with E-state index >= 15 is 0 Å². The number of carbonyl (C=O) groups is 1. The van der Waals surface area contributed by atoms with Crippen LogP contribution in [0.5, 0.6) is 0 Å². The van der Waals surface area contributed by atoms with E-state index in [-0.39, 0.29) is 5.91 Å².